The molecule has 1 aliphatic carbocycles. The van der Waals surface area contributed by atoms with Gasteiger partial charge in [-0.3, -0.25) is 0 Å². The van der Waals surface area contributed by atoms with Gasteiger partial charge < -0.3 is 24.9 Å². The topological polar surface area (TPSA) is 99.6 Å². The summed E-state index contributed by atoms with van der Waals surface area (Å²) >= 11 is 0. The first-order valence-electron chi connectivity index (χ1n) is 10.5. The Balaban J connectivity index is 1.88. The number of halogens is 2. The second-order valence-electron chi connectivity index (χ2n) is 9.16. The number of hydrogen-bond acceptors (Lipinski definition) is 6. The highest BCUT2D eigenvalue weighted by Crippen LogP contribution is 2.41. The van der Waals surface area contributed by atoms with E-state index in [-0.39, 0.29) is 43.5 Å². The number of benzene rings is 1. The van der Waals surface area contributed by atoms with E-state index in [1.165, 1.54) is 0 Å². The Labute approximate surface area is 180 Å². The van der Waals surface area contributed by atoms with Gasteiger partial charge in [0.05, 0.1) is 12.6 Å². The van der Waals surface area contributed by atoms with Crippen molar-refractivity contribution < 1.29 is 27.5 Å². The minimum Gasteiger partial charge on any atom is -0.444 e. The van der Waals surface area contributed by atoms with Crippen LogP contribution < -0.4 is 11.1 Å². The summed E-state index contributed by atoms with van der Waals surface area (Å²) in [5.41, 5.74) is 7.35. The van der Waals surface area contributed by atoms with Crippen LogP contribution in [0.4, 0.5) is 13.6 Å². The molecule has 1 aliphatic rings. The summed E-state index contributed by atoms with van der Waals surface area (Å²) in [7, 11) is 1.58. The molecular formula is C22H31F2N3O4. The van der Waals surface area contributed by atoms with Gasteiger partial charge in [-0.15, -0.1) is 0 Å². The standard InChI is InChI=1S/C22H31F2N3O4/c1-21(2,3)31-20(28)27-18(13-7-9-22(23,24)10-8-13)19-26-16-11-14(15(25)12-29-4)5-6-17(16)30-19/h5-6,11,13,15,18H,7-10,12,25H2,1-4H3,(H,27,28)/t15?,18-/m0/s1. The van der Waals surface area contributed by atoms with Crippen LogP contribution in [-0.4, -0.2) is 36.3 Å². The molecule has 0 spiro atoms. The molecule has 1 amide bonds. The Bertz CT molecular complexity index is 900. The van der Waals surface area contributed by atoms with E-state index < -0.39 is 23.7 Å². The summed E-state index contributed by atoms with van der Waals surface area (Å²) in [6, 6.07) is 4.42. The normalized spacial score (nSPS) is 19.2. The molecule has 31 heavy (non-hydrogen) atoms. The van der Waals surface area contributed by atoms with Crippen LogP contribution in [0.2, 0.25) is 0 Å². The number of ether oxygens (including phenoxy) is 2. The zero-order valence-electron chi connectivity index (χ0n) is 18.4. The number of nitrogens with two attached hydrogens (primary N) is 1. The molecule has 7 nitrogen and oxygen atoms in total. The van der Waals surface area contributed by atoms with Crippen molar-refractivity contribution in [2.75, 3.05) is 13.7 Å². The number of alkyl halides is 2. The molecule has 1 unspecified atom stereocenters. The number of aromatic nitrogens is 1. The van der Waals surface area contributed by atoms with E-state index in [4.69, 9.17) is 19.6 Å². The number of methoxy groups -OCH3 is 1. The first-order chi connectivity index (χ1) is 14.5. The van der Waals surface area contributed by atoms with Gasteiger partial charge in [-0.1, -0.05) is 6.07 Å². The first-order valence-corrected chi connectivity index (χ1v) is 10.5. The predicted octanol–water partition coefficient (Wildman–Crippen LogP) is 4.87. The van der Waals surface area contributed by atoms with Crippen LogP contribution >= 0.6 is 0 Å². The Morgan fingerprint density at radius 3 is 2.65 bits per heavy atom. The van der Waals surface area contributed by atoms with Gasteiger partial charge in [0, 0.05) is 20.0 Å². The number of carbonyl (C=O) groups is 1. The van der Waals surface area contributed by atoms with Crippen molar-refractivity contribution in [1.82, 2.24) is 10.3 Å². The van der Waals surface area contributed by atoms with Crippen LogP contribution in [0.25, 0.3) is 11.1 Å². The highest BCUT2D eigenvalue weighted by atomic mass is 19.3. The molecule has 3 N–H and O–H groups in total. The van der Waals surface area contributed by atoms with Gasteiger partial charge in [-0.05, 0) is 57.2 Å². The molecule has 172 valence electrons. The van der Waals surface area contributed by atoms with Gasteiger partial charge in [0.1, 0.15) is 17.2 Å². The number of alkyl carbamates (subject to hydrolysis) is 1. The highest BCUT2D eigenvalue weighted by Gasteiger charge is 2.40. The summed E-state index contributed by atoms with van der Waals surface area (Å²) in [5, 5.41) is 2.80. The Kier molecular flexibility index (Phi) is 6.85. The van der Waals surface area contributed by atoms with Gasteiger partial charge in [-0.25, -0.2) is 18.6 Å². The Hall–Kier alpha value is -2.26. The maximum Gasteiger partial charge on any atom is 0.408 e. The van der Waals surface area contributed by atoms with Gasteiger partial charge in [-0.2, -0.15) is 0 Å². The first kappa shape index (κ1) is 23.4. The lowest BCUT2D eigenvalue weighted by Crippen LogP contribution is -2.40. The van der Waals surface area contributed by atoms with Crippen molar-refractivity contribution in [3.63, 3.8) is 0 Å². The van der Waals surface area contributed by atoms with Crippen LogP contribution in [0.1, 0.15) is 70.0 Å². The van der Waals surface area contributed by atoms with Crippen molar-refractivity contribution in [2.24, 2.45) is 11.7 Å². The number of nitrogens with zero attached hydrogens (tertiary/aromatic N) is 1. The van der Waals surface area contributed by atoms with E-state index >= 15 is 0 Å². The van der Waals surface area contributed by atoms with Crippen molar-refractivity contribution in [3.8, 4) is 0 Å². The summed E-state index contributed by atoms with van der Waals surface area (Å²) in [4.78, 5) is 17.0. The molecule has 2 aromatic rings. The van der Waals surface area contributed by atoms with Crippen LogP contribution in [0, 0.1) is 5.92 Å². The number of oxazole rings is 1. The van der Waals surface area contributed by atoms with Crippen molar-refractivity contribution in [3.05, 3.63) is 29.7 Å². The Morgan fingerprint density at radius 2 is 2.03 bits per heavy atom. The molecule has 0 aliphatic heterocycles. The molecule has 3 rings (SSSR count). The van der Waals surface area contributed by atoms with Crippen LogP contribution in [0.3, 0.4) is 0 Å². The fourth-order valence-corrected chi connectivity index (χ4v) is 3.81. The highest BCUT2D eigenvalue weighted by molar-refractivity contribution is 5.74. The zero-order chi connectivity index (χ0) is 22.8. The number of fused-ring (bicyclic) bond motifs is 1. The molecule has 9 heteroatoms. The average molecular weight is 440 g/mol. The van der Waals surface area contributed by atoms with Crippen LogP contribution in [0.5, 0.6) is 0 Å². The Morgan fingerprint density at radius 1 is 1.35 bits per heavy atom. The maximum absolute atomic E-state index is 13.7. The lowest BCUT2D eigenvalue weighted by atomic mass is 9.82. The van der Waals surface area contributed by atoms with E-state index in [2.05, 4.69) is 10.3 Å². The van der Waals surface area contributed by atoms with Crippen molar-refractivity contribution >= 4 is 17.2 Å². The molecule has 1 saturated carbocycles. The number of hydrogen-bond donors (Lipinski definition) is 2. The van der Waals surface area contributed by atoms with Gasteiger partial charge in [0.25, 0.3) is 0 Å². The van der Waals surface area contributed by atoms with Crippen molar-refractivity contribution in [2.45, 2.75) is 70.1 Å². The molecule has 1 aromatic carbocycles. The molecule has 1 aromatic heterocycles. The third-order valence-electron chi connectivity index (χ3n) is 5.37. The number of carbonyl (C=O) groups excluding carboxylic acids is 1. The molecule has 0 radical (unpaired) electrons. The SMILES string of the molecule is COCC(N)c1ccc2oc([C@@H](NC(=O)OC(C)(C)C)C3CCC(F)(F)CC3)nc2c1. The van der Waals surface area contributed by atoms with Gasteiger partial charge in [0.2, 0.25) is 11.8 Å². The lowest BCUT2D eigenvalue weighted by Gasteiger charge is -2.33. The number of amides is 1. The second kappa shape index (κ2) is 9.08. The van der Waals surface area contributed by atoms with Gasteiger partial charge >= 0.3 is 6.09 Å². The fraction of sp³-hybridized carbons (Fsp3) is 0.636. The van der Waals surface area contributed by atoms with E-state index in [1.54, 1.807) is 33.9 Å². The summed E-state index contributed by atoms with van der Waals surface area (Å²) < 4.78 is 43.8. The second-order valence-corrected chi connectivity index (χ2v) is 9.16. The lowest BCUT2D eigenvalue weighted by molar-refractivity contribution is -0.0509. The predicted molar refractivity (Wildman–Crippen MR) is 112 cm³/mol. The minimum absolute atomic E-state index is 0.236. The van der Waals surface area contributed by atoms with Gasteiger partial charge in [0.15, 0.2) is 5.58 Å². The third kappa shape index (κ3) is 6.13. The van der Waals surface area contributed by atoms with Crippen molar-refractivity contribution in [1.29, 1.82) is 0 Å². The molecule has 1 fully saturated rings. The largest absolute Gasteiger partial charge is 0.444 e. The smallest absolute Gasteiger partial charge is 0.408 e. The molecular weight excluding hydrogens is 408 g/mol. The van der Waals surface area contributed by atoms with E-state index in [1.807, 2.05) is 12.1 Å². The van der Waals surface area contributed by atoms with Crippen LogP contribution in [-0.2, 0) is 9.47 Å². The third-order valence-corrected chi connectivity index (χ3v) is 5.37. The zero-order valence-corrected chi connectivity index (χ0v) is 18.4. The molecule has 2 atom stereocenters. The minimum atomic E-state index is -2.68. The summed E-state index contributed by atoms with van der Waals surface area (Å²) in [6.07, 6.45) is -0.618. The quantitative estimate of drug-likeness (QED) is 0.666. The maximum atomic E-state index is 13.7. The van der Waals surface area contributed by atoms with Crippen LogP contribution in [0.15, 0.2) is 22.6 Å². The molecule has 0 bridgehead atoms. The average Bonchev–Trinajstić information content (AvgIpc) is 3.08. The summed E-state index contributed by atoms with van der Waals surface area (Å²) in [6.45, 7) is 5.63. The summed E-state index contributed by atoms with van der Waals surface area (Å²) in [5.74, 6) is -2.65. The van der Waals surface area contributed by atoms with E-state index in [9.17, 15) is 13.6 Å². The monoisotopic (exact) mass is 439 g/mol. The van der Waals surface area contributed by atoms with E-state index in [0.29, 0.717) is 17.7 Å². The fourth-order valence-electron chi connectivity index (χ4n) is 3.81. The number of nitrogens with one attached hydrogen (secondary N) is 1. The van der Waals surface area contributed by atoms with E-state index in [0.717, 1.165) is 5.56 Å². The molecule has 0 saturated heterocycles. The number of rotatable bonds is 6. The molecule has 1 heterocycles.